The summed E-state index contributed by atoms with van der Waals surface area (Å²) in [6, 6.07) is 3.86. The van der Waals surface area contributed by atoms with Gasteiger partial charge in [0, 0.05) is 30.8 Å². The molecule has 2 rings (SSSR count). The molecule has 6 nitrogen and oxygen atoms in total. The molecule has 0 saturated heterocycles. The van der Waals surface area contributed by atoms with Crippen LogP contribution in [0.25, 0.3) is 11.7 Å². The van der Waals surface area contributed by atoms with Crippen molar-refractivity contribution in [3.05, 3.63) is 41.4 Å². The molecular formula is C20H30N4O2. The largest absolute Gasteiger partial charge is 0.311 e. The number of hydrogen-bond donors (Lipinski definition) is 3. The number of nitrogens with zero attached hydrogens (tertiary/aromatic N) is 2. The lowest BCUT2D eigenvalue weighted by Gasteiger charge is -2.21. The number of aromatic nitrogens is 2. The second kappa shape index (κ2) is 7.60. The molecule has 0 saturated carbocycles. The number of rotatable bonds is 5. The summed E-state index contributed by atoms with van der Waals surface area (Å²) in [6.07, 6.45) is 4.90. The van der Waals surface area contributed by atoms with Crippen LogP contribution < -0.4 is 10.8 Å². The van der Waals surface area contributed by atoms with E-state index < -0.39 is 5.91 Å². The monoisotopic (exact) mass is 358 g/mol. The zero-order valence-corrected chi connectivity index (χ0v) is 16.6. The maximum atomic E-state index is 11.2. The highest BCUT2D eigenvalue weighted by atomic mass is 16.5. The van der Waals surface area contributed by atoms with Gasteiger partial charge in [0.2, 0.25) is 0 Å². The normalized spacial score (nSPS) is 12.9. The molecule has 0 aliphatic carbocycles. The van der Waals surface area contributed by atoms with Gasteiger partial charge in [-0.15, -0.1) is 0 Å². The van der Waals surface area contributed by atoms with Crippen LogP contribution in [0.4, 0.5) is 0 Å². The number of nitrogens with one attached hydrogen (secondary N) is 2. The molecule has 3 N–H and O–H groups in total. The molecule has 1 amide bonds. The number of carbonyl (C=O) groups is 1. The van der Waals surface area contributed by atoms with Crippen LogP contribution in [0.1, 0.15) is 58.5 Å². The molecule has 2 heterocycles. The van der Waals surface area contributed by atoms with Crippen molar-refractivity contribution in [1.82, 2.24) is 20.2 Å². The molecule has 0 aromatic carbocycles. The molecule has 2 aromatic rings. The van der Waals surface area contributed by atoms with E-state index in [1.54, 1.807) is 11.6 Å². The predicted molar refractivity (Wildman–Crippen MR) is 104 cm³/mol. The second-order valence-corrected chi connectivity index (χ2v) is 8.82. The minimum atomic E-state index is -0.560. The summed E-state index contributed by atoms with van der Waals surface area (Å²) in [6.45, 7) is 14.8. The van der Waals surface area contributed by atoms with Gasteiger partial charge >= 0.3 is 0 Å². The Morgan fingerprint density at radius 1 is 1.27 bits per heavy atom. The quantitative estimate of drug-likeness (QED) is 0.435. The van der Waals surface area contributed by atoms with Gasteiger partial charge in [-0.3, -0.25) is 10.0 Å². The van der Waals surface area contributed by atoms with Crippen LogP contribution in [0.5, 0.6) is 0 Å². The summed E-state index contributed by atoms with van der Waals surface area (Å²) in [7, 11) is 0. The van der Waals surface area contributed by atoms with Crippen molar-refractivity contribution in [3.8, 4) is 0 Å². The van der Waals surface area contributed by atoms with Gasteiger partial charge < -0.3 is 9.72 Å². The van der Waals surface area contributed by atoms with Crippen molar-refractivity contribution >= 4 is 17.6 Å². The minimum absolute atomic E-state index is 0.0719. The first-order valence-corrected chi connectivity index (χ1v) is 8.85. The fourth-order valence-corrected chi connectivity index (χ4v) is 2.75. The van der Waals surface area contributed by atoms with Gasteiger partial charge in [-0.05, 0) is 29.2 Å². The molecule has 6 heteroatoms. The molecule has 0 atom stereocenters. The topological polar surface area (TPSA) is 78.7 Å². The van der Waals surface area contributed by atoms with Gasteiger partial charge in [0.1, 0.15) is 5.65 Å². The molecule has 0 aliphatic heterocycles. The molecule has 142 valence electrons. The van der Waals surface area contributed by atoms with Crippen molar-refractivity contribution in [2.45, 2.75) is 53.5 Å². The van der Waals surface area contributed by atoms with E-state index in [1.807, 2.05) is 18.3 Å². The summed E-state index contributed by atoms with van der Waals surface area (Å²) >= 11 is 0. The molecule has 0 aliphatic rings. The number of hydroxylamine groups is 1. The number of amides is 1. The van der Waals surface area contributed by atoms with Crippen LogP contribution in [-0.4, -0.2) is 27.0 Å². The van der Waals surface area contributed by atoms with Gasteiger partial charge in [0.25, 0.3) is 5.91 Å². The summed E-state index contributed by atoms with van der Waals surface area (Å²) in [5.74, 6) is -0.560. The Hall–Kier alpha value is -2.18. The Morgan fingerprint density at radius 3 is 2.54 bits per heavy atom. The third kappa shape index (κ3) is 5.16. The van der Waals surface area contributed by atoms with E-state index in [0.29, 0.717) is 0 Å². The van der Waals surface area contributed by atoms with Gasteiger partial charge in [0.05, 0.1) is 11.4 Å². The molecule has 0 bridgehead atoms. The number of imidazole rings is 1. The zero-order valence-electron chi connectivity index (χ0n) is 16.6. The number of fused-ring (bicyclic) bond motifs is 1. The number of pyridine rings is 1. The highest BCUT2D eigenvalue weighted by Crippen LogP contribution is 2.27. The Balaban J connectivity index is 2.39. The smallest absolute Gasteiger partial charge is 0.267 e. The summed E-state index contributed by atoms with van der Waals surface area (Å²) in [5.41, 5.74) is 5.64. The molecule has 0 unspecified atom stereocenters. The average molecular weight is 358 g/mol. The lowest BCUT2D eigenvalue weighted by Crippen LogP contribution is -2.28. The number of carbonyl (C=O) groups excluding carboxylic acids is 1. The first-order chi connectivity index (χ1) is 12.0. The van der Waals surface area contributed by atoms with Crippen molar-refractivity contribution < 1.29 is 10.0 Å². The van der Waals surface area contributed by atoms with Crippen molar-refractivity contribution in [3.63, 3.8) is 0 Å². The minimum Gasteiger partial charge on any atom is -0.311 e. The fourth-order valence-electron chi connectivity index (χ4n) is 2.75. The standard InChI is InChI=1S/C20H30N4O2/c1-19(2,3)13-21-12-15-18(20(4,5)6)22-16-11-14(9-10-24(15)16)7-8-17(25)23-26/h7-11,21,26H,12-13H2,1-6H3,(H,23,25)/b8-7+. The highest BCUT2D eigenvalue weighted by molar-refractivity contribution is 5.90. The highest BCUT2D eigenvalue weighted by Gasteiger charge is 2.24. The second-order valence-electron chi connectivity index (χ2n) is 8.82. The summed E-state index contributed by atoms with van der Waals surface area (Å²) < 4.78 is 2.10. The van der Waals surface area contributed by atoms with Crippen LogP contribution in [-0.2, 0) is 16.8 Å². The predicted octanol–water partition coefficient (Wildman–Crippen LogP) is 3.29. The van der Waals surface area contributed by atoms with Crippen LogP contribution in [0.3, 0.4) is 0 Å². The first kappa shape index (κ1) is 20.1. The maximum Gasteiger partial charge on any atom is 0.267 e. The van der Waals surface area contributed by atoms with E-state index in [9.17, 15) is 4.79 Å². The lowest BCUT2D eigenvalue weighted by atomic mass is 9.90. The molecule has 26 heavy (non-hydrogen) atoms. The van der Waals surface area contributed by atoms with Crippen molar-refractivity contribution in [2.24, 2.45) is 5.41 Å². The fraction of sp³-hybridized carbons (Fsp3) is 0.500. The molecule has 0 radical (unpaired) electrons. The van der Waals surface area contributed by atoms with Gasteiger partial charge in [-0.1, -0.05) is 41.5 Å². The van der Waals surface area contributed by atoms with Crippen LogP contribution >= 0.6 is 0 Å². The van der Waals surface area contributed by atoms with Gasteiger partial charge in [-0.25, -0.2) is 10.5 Å². The van der Waals surface area contributed by atoms with E-state index in [4.69, 9.17) is 10.2 Å². The van der Waals surface area contributed by atoms with E-state index in [0.717, 1.165) is 35.7 Å². The SMILES string of the molecule is CC(C)(C)CNCc1c(C(C)(C)C)nc2cc(/C=C/C(=O)NO)ccn12. The Bertz CT molecular complexity index is 808. The van der Waals surface area contributed by atoms with Crippen LogP contribution in [0.15, 0.2) is 24.4 Å². The number of hydrogen-bond acceptors (Lipinski definition) is 4. The molecule has 2 aromatic heterocycles. The summed E-state index contributed by atoms with van der Waals surface area (Å²) in [5, 5.41) is 12.1. The Morgan fingerprint density at radius 2 is 1.96 bits per heavy atom. The lowest BCUT2D eigenvalue weighted by molar-refractivity contribution is -0.124. The van der Waals surface area contributed by atoms with Crippen molar-refractivity contribution in [1.29, 1.82) is 0 Å². The van der Waals surface area contributed by atoms with Crippen LogP contribution in [0.2, 0.25) is 0 Å². The zero-order chi connectivity index (χ0) is 19.5. The molecule has 0 spiro atoms. The Kier molecular flexibility index (Phi) is 5.88. The molecular weight excluding hydrogens is 328 g/mol. The van der Waals surface area contributed by atoms with E-state index in [2.05, 4.69) is 51.3 Å². The van der Waals surface area contributed by atoms with Gasteiger partial charge in [0.15, 0.2) is 0 Å². The Labute approximate surface area is 155 Å². The summed E-state index contributed by atoms with van der Waals surface area (Å²) in [4.78, 5) is 16.0. The van der Waals surface area contributed by atoms with E-state index in [-0.39, 0.29) is 10.8 Å². The van der Waals surface area contributed by atoms with Gasteiger partial charge in [-0.2, -0.15) is 0 Å². The third-order valence-corrected chi connectivity index (χ3v) is 3.94. The van der Waals surface area contributed by atoms with Crippen LogP contribution in [0, 0.1) is 5.41 Å². The molecule has 0 fully saturated rings. The average Bonchev–Trinajstić information content (AvgIpc) is 2.89. The van der Waals surface area contributed by atoms with E-state index >= 15 is 0 Å². The maximum absolute atomic E-state index is 11.2. The van der Waals surface area contributed by atoms with E-state index in [1.165, 1.54) is 6.08 Å². The van der Waals surface area contributed by atoms with Crippen molar-refractivity contribution in [2.75, 3.05) is 6.54 Å². The third-order valence-electron chi connectivity index (χ3n) is 3.94. The first-order valence-electron chi connectivity index (χ1n) is 8.85.